The molecule has 3 aromatic rings. The van der Waals surface area contributed by atoms with Crippen molar-refractivity contribution in [1.82, 2.24) is 14.9 Å². The van der Waals surface area contributed by atoms with Crippen LogP contribution in [0, 0.1) is 0 Å². The number of nitrogens with two attached hydrogens (primary N) is 1. The van der Waals surface area contributed by atoms with Crippen LogP contribution < -0.4 is 5.73 Å². The zero-order chi connectivity index (χ0) is 18.1. The number of nitrogens with zero attached hydrogens (tertiary/aromatic N) is 3. The van der Waals surface area contributed by atoms with E-state index in [2.05, 4.69) is 9.97 Å². The number of piperidine rings is 1. The maximum absolute atomic E-state index is 12.8. The summed E-state index contributed by atoms with van der Waals surface area (Å²) in [4.78, 5) is 36.5. The van der Waals surface area contributed by atoms with Crippen LogP contribution in [0.1, 0.15) is 44.5 Å². The molecule has 7 heteroatoms. The molecule has 1 fully saturated rings. The molecule has 0 spiro atoms. The van der Waals surface area contributed by atoms with Crippen molar-refractivity contribution in [3.63, 3.8) is 0 Å². The molecule has 4 heterocycles. The van der Waals surface area contributed by atoms with Gasteiger partial charge in [0.05, 0.1) is 4.88 Å². The van der Waals surface area contributed by atoms with Gasteiger partial charge < -0.3 is 10.6 Å². The smallest absolute Gasteiger partial charge is 0.272 e. The third kappa shape index (κ3) is 2.94. The zero-order valence-electron chi connectivity index (χ0n) is 14.1. The fraction of sp³-hybridized carbons (Fsp3) is 0.263. The second-order valence-corrected chi connectivity index (χ2v) is 7.37. The van der Waals surface area contributed by atoms with Gasteiger partial charge in [0.15, 0.2) is 0 Å². The number of aromatic nitrogens is 2. The lowest BCUT2D eigenvalue weighted by Gasteiger charge is -2.33. The molecule has 0 saturated carbocycles. The van der Waals surface area contributed by atoms with E-state index in [0.717, 1.165) is 28.6 Å². The maximum atomic E-state index is 12.8. The van der Waals surface area contributed by atoms with Gasteiger partial charge in [0.2, 0.25) is 0 Å². The SMILES string of the molecule is NC(=O)c1sc2ncccc2c1[C@@H]1CCCN(C(=O)c2ccccn2)C1. The van der Waals surface area contributed by atoms with Gasteiger partial charge >= 0.3 is 0 Å². The summed E-state index contributed by atoms with van der Waals surface area (Å²) >= 11 is 1.33. The number of carbonyl (C=O) groups excluding carboxylic acids is 2. The van der Waals surface area contributed by atoms with Crippen LogP contribution in [0.2, 0.25) is 0 Å². The van der Waals surface area contributed by atoms with Gasteiger partial charge in [0, 0.05) is 36.8 Å². The number of carbonyl (C=O) groups is 2. The van der Waals surface area contributed by atoms with E-state index < -0.39 is 5.91 Å². The first-order chi connectivity index (χ1) is 12.6. The molecule has 0 radical (unpaired) electrons. The highest BCUT2D eigenvalue weighted by atomic mass is 32.1. The summed E-state index contributed by atoms with van der Waals surface area (Å²) in [6.07, 6.45) is 5.12. The van der Waals surface area contributed by atoms with E-state index in [9.17, 15) is 9.59 Å². The van der Waals surface area contributed by atoms with Gasteiger partial charge in [-0.05, 0) is 36.6 Å². The summed E-state index contributed by atoms with van der Waals surface area (Å²) in [6.45, 7) is 1.24. The van der Waals surface area contributed by atoms with Crippen LogP contribution in [-0.2, 0) is 0 Å². The van der Waals surface area contributed by atoms with Crippen molar-refractivity contribution in [2.75, 3.05) is 13.1 Å². The molecule has 0 bridgehead atoms. The van der Waals surface area contributed by atoms with Gasteiger partial charge in [-0.25, -0.2) is 4.98 Å². The quantitative estimate of drug-likeness (QED) is 0.772. The minimum Gasteiger partial charge on any atom is -0.365 e. The van der Waals surface area contributed by atoms with Gasteiger partial charge in [0.25, 0.3) is 11.8 Å². The van der Waals surface area contributed by atoms with Crippen LogP contribution in [0.3, 0.4) is 0 Å². The fourth-order valence-electron chi connectivity index (χ4n) is 3.59. The van der Waals surface area contributed by atoms with E-state index in [4.69, 9.17) is 5.73 Å². The van der Waals surface area contributed by atoms with E-state index in [-0.39, 0.29) is 11.8 Å². The van der Waals surface area contributed by atoms with Gasteiger partial charge in [-0.1, -0.05) is 12.1 Å². The van der Waals surface area contributed by atoms with Crippen molar-refractivity contribution >= 4 is 33.4 Å². The van der Waals surface area contributed by atoms with Crippen LogP contribution in [0.4, 0.5) is 0 Å². The number of hydrogen-bond acceptors (Lipinski definition) is 5. The summed E-state index contributed by atoms with van der Waals surface area (Å²) in [6, 6.07) is 9.16. The Labute approximate surface area is 154 Å². The third-order valence-electron chi connectivity index (χ3n) is 4.73. The van der Waals surface area contributed by atoms with Gasteiger partial charge in [0.1, 0.15) is 10.5 Å². The van der Waals surface area contributed by atoms with Crippen LogP contribution in [0.15, 0.2) is 42.7 Å². The Bertz CT molecular complexity index is 970. The highest BCUT2D eigenvalue weighted by molar-refractivity contribution is 7.20. The van der Waals surface area contributed by atoms with E-state index in [1.54, 1.807) is 24.5 Å². The molecule has 1 aliphatic heterocycles. The molecule has 0 unspecified atom stereocenters. The maximum Gasteiger partial charge on any atom is 0.272 e. The topological polar surface area (TPSA) is 89.2 Å². The third-order valence-corrected chi connectivity index (χ3v) is 5.87. The molecule has 1 saturated heterocycles. The predicted octanol–water partition coefficient (Wildman–Crippen LogP) is 2.81. The lowest BCUT2D eigenvalue weighted by atomic mass is 9.88. The average Bonchev–Trinajstić information content (AvgIpc) is 3.08. The second-order valence-electron chi connectivity index (χ2n) is 6.37. The van der Waals surface area contributed by atoms with Crippen molar-refractivity contribution in [1.29, 1.82) is 0 Å². The number of fused-ring (bicyclic) bond motifs is 1. The Morgan fingerprint density at radius 2 is 2.00 bits per heavy atom. The number of likely N-dealkylation sites (tertiary alicyclic amines) is 1. The Balaban J connectivity index is 1.68. The van der Waals surface area contributed by atoms with Gasteiger partial charge in [-0.2, -0.15) is 0 Å². The van der Waals surface area contributed by atoms with Crippen LogP contribution >= 0.6 is 11.3 Å². The predicted molar refractivity (Wildman–Crippen MR) is 100 cm³/mol. The summed E-state index contributed by atoms with van der Waals surface area (Å²) in [5.41, 5.74) is 7.00. The molecule has 1 atom stereocenters. The molecule has 26 heavy (non-hydrogen) atoms. The molecule has 2 N–H and O–H groups in total. The molecule has 0 aliphatic carbocycles. The van der Waals surface area contributed by atoms with E-state index in [0.29, 0.717) is 23.7 Å². The molecule has 3 aromatic heterocycles. The number of pyridine rings is 2. The summed E-state index contributed by atoms with van der Waals surface area (Å²) in [5.74, 6) is -0.443. The average molecular weight is 366 g/mol. The highest BCUT2D eigenvalue weighted by Crippen LogP contribution is 2.39. The Kier molecular flexibility index (Phi) is 4.38. The summed E-state index contributed by atoms with van der Waals surface area (Å²) in [5, 5.41) is 0.962. The minimum atomic E-state index is -0.434. The first-order valence-electron chi connectivity index (χ1n) is 8.52. The fourth-order valence-corrected chi connectivity index (χ4v) is 4.67. The lowest BCUT2D eigenvalue weighted by molar-refractivity contribution is 0.0701. The van der Waals surface area contributed by atoms with Gasteiger partial charge in [-0.15, -0.1) is 11.3 Å². The number of hydrogen-bond donors (Lipinski definition) is 1. The summed E-state index contributed by atoms with van der Waals surface area (Å²) < 4.78 is 0. The Hall–Kier alpha value is -2.80. The largest absolute Gasteiger partial charge is 0.365 e. The Morgan fingerprint density at radius 3 is 2.77 bits per heavy atom. The minimum absolute atomic E-state index is 0.0665. The zero-order valence-corrected chi connectivity index (χ0v) is 14.9. The lowest BCUT2D eigenvalue weighted by Crippen LogP contribution is -2.39. The second kappa shape index (κ2) is 6.84. The van der Waals surface area contributed by atoms with Gasteiger partial charge in [-0.3, -0.25) is 14.6 Å². The van der Waals surface area contributed by atoms with Crippen LogP contribution in [0.25, 0.3) is 10.2 Å². The molecular weight excluding hydrogens is 348 g/mol. The van der Waals surface area contributed by atoms with E-state index in [1.165, 1.54) is 11.3 Å². The molecule has 6 nitrogen and oxygen atoms in total. The first-order valence-corrected chi connectivity index (χ1v) is 9.34. The highest BCUT2D eigenvalue weighted by Gasteiger charge is 2.30. The van der Waals surface area contributed by atoms with Crippen molar-refractivity contribution in [3.8, 4) is 0 Å². The number of primary amides is 1. The summed E-state index contributed by atoms with van der Waals surface area (Å²) in [7, 11) is 0. The van der Waals surface area contributed by atoms with Crippen molar-refractivity contribution in [2.24, 2.45) is 5.73 Å². The van der Waals surface area contributed by atoms with Crippen molar-refractivity contribution < 1.29 is 9.59 Å². The standard InChI is InChI=1S/C19H18N4O2S/c20-17(24)16-15(13-6-3-9-22-18(13)26-16)12-5-4-10-23(11-12)19(25)14-7-1-2-8-21-14/h1-3,6-9,12H,4-5,10-11H2,(H2,20,24)/t12-/m1/s1. The number of rotatable bonds is 3. The normalized spacial score (nSPS) is 17.4. The molecule has 2 amide bonds. The van der Waals surface area contributed by atoms with Crippen molar-refractivity contribution in [2.45, 2.75) is 18.8 Å². The first kappa shape index (κ1) is 16.7. The number of amides is 2. The van der Waals surface area contributed by atoms with Crippen LogP contribution in [0.5, 0.6) is 0 Å². The van der Waals surface area contributed by atoms with E-state index >= 15 is 0 Å². The molecule has 0 aromatic carbocycles. The monoisotopic (exact) mass is 366 g/mol. The molecule has 1 aliphatic rings. The van der Waals surface area contributed by atoms with Crippen molar-refractivity contribution in [3.05, 3.63) is 58.9 Å². The van der Waals surface area contributed by atoms with Crippen LogP contribution in [-0.4, -0.2) is 39.8 Å². The number of thiophene rings is 1. The molecular formula is C19H18N4O2S. The molecule has 132 valence electrons. The van der Waals surface area contributed by atoms with E-state index in [1.807, 2.05) is 23.1 Å². The molecule has 4 rings (SSSR count). The Morgan fingerprint density at radius 1 is 1.15 bits per heavy atom.